The van der Waals surface area contributed by atoms with E-state index < -0.39 is 19.3 Å². The summed E-state index contributed by atoms with van der Waals surface area (Å²) in [7, 11) is -0.315. The van der Waals surface area contributed by atoms with Gasteiger partial charge in [0.15, 0.2) is 8.32 Å². The first kappa shape index (κ1) is 17.9. The summed E-state index contributed by atoms with van der Waals surface area (Å²) in [6.07, 6.45) is 13.3. The van der Waals surface area contributed by atoms with Crippen LogP contribution in [0.25, 0.3) is 0 Å². The predicted molar refractivity (Wildman–Crippen MR) is 89.6 cm³/mol. The highest BCUT2D eigenvalue weighted by molar-refractivity contribution is 6.69. The number of allylic oxidation sites excluding steroid dienone is 5. The number of rotatable bonds is 7. The number of carbonyl (C=O) groups is 1. The van der Waals surface area contributed by atoms with E-state index in [1.54, 1.807) is 0 Å². The molecule has 0 aromatic heterocycles. The molecule has 0 radical (unpaired) electrons. The number of ether oxygens (including phenoxy) is 1. The molecule has 1 saturated carbocycles. The third-order valence-electron chi connectivity index (χ3n) is 3.66. The number of hydrogen-bond acceptors (Lipinski definition) is 3. The summed E-state index contributed by atoms with van der Waals surface area (Å²) in [4.78, 5) is 12.4. The maximum absolute atomic E-state index is 12.4. The molecule has 0 N–H and O–H groups in total. The molecule has 1 aliphatic carbocycles. The Balaban J connectivity index is 3.07. The summed E-state index contributed by atoms with van der Waals surface area (Å²) in [6.45, 7) is 10.4. The van der Waals surface area contributed by atoms with E-state index in [9.17, 15) is 4.79 Å². The topological polar surface area (TPSA) is 35.5 Å². The zero-order valence-corrected chi connectivity index (χ0v) is 15.1. The molecule has 0 bridgehead atoms. The first-order valence-corrected chi connectivity index (χ1v) is 10.9. The Kier molecular flexibility index (Phi) is 5.76. The van der Waals surface area contributed by atoms with Crippen LogP contribution < -0.4 is 0 Å². The average molecular weight is 308 g/mol. The van der Waals surface area contributed by atoms with Crippen LogP contribution in [0.15, 0.2) is 36.5 Å². The van der Waals surface area contributed by atoms with Gasteiger partial charge in [0.1, 0.15) is 5.41 Å². The second-order valence-electron chi connectivity index (χ2n) is 6.51. The molecule has 2 atom stereocenters. The van der Waals surface area contributed by atoms with Gasteiger partial charge in [-0.15, -0.1) is 0 Å². The van der Waals surface area contributed by atoms with Gasteiger partial charge in [-0.3, -0.25) is 4.79 Å². The van der Waals surface area contributed by atoms with E-state index >= 15 is 0 Å². The van der Waals surface area contributed by atoms with Gasteiger partial charge in [0, 0.05) is 0 Å². The third kappa shape index (κ3) is 3.95. The summed E-state index contributed by atoms with van der Waals surface area (Å²) in [5, 5.41) is 0. The van der Waals surface area contributed by atoms with E-state index in [0.29, 0.717) is 12.8 Å². The molecule has 0 spiro atoms. The van der Waals surface area contributed by atoms with Gasteiger partial charge in [0.2, 0.25) is 0 Å². The van der Waals surface area contributed by atoms with E-state index in [-0.39, 0.29) is 5.97 Å². The molecule has 0 aromatic rings. The smallest absolute Gasteiger partial charge is 0.315 e. The van der Waals surface area contributed by atoms with Crippen molar-refractivity contribution in [3.8, 4) is 0 Å². The summed E-state index contributed by atoms with van der Waals surface area (Å²) in [6, 6.07) is 0. The summed E-state index contributed by atoms with van der Waals surface area (Å²) >= 11 is 0. The molecule has 4 heteroatoms. The van der Waals surface area contributed by atoms with Crippen molar-refractivity contribution >= 4 is 14.3 Å². The van der Waals surface area contributed by atoms with E-state index in [1.165, 1.54) is 7.11 Å². The number of methoxy groups -OCH3 is 1. The zero-order valence-electron chi connectivity index (χ0n) is 14.1. The van der Waals surface area contributed by atoms with Crippen LogP contribution in [0.5, 0.6) is 0 Å². The second-order valence-corrected chi connectivity index (χ2v) is 10.9. The molecule has 118 valence electrons. The van der Waals surface area contributed by atoms with Crippen molar-refractivity contribution in [3.63, 3.8) is 0 Å². The fraction of sp³-hybridized carbons (Fsp3) is 0.588. The van der Waals surface area contributed by atoms with Crippen LogP contribution in [0, 0.1) is 5.41 Å². The minimum atomic E-state index is -1.77. The monoisotopic (exact) mass is 308 g/mol. The molecule has 1 rings (SSSR count). The van der Waals surface area contributed by atoms with Crippen molar-refractivity contribution in [1.29, 1.82) is 0 Å². The van der Waals surface area contributed by atoms with Crippen molar-refractivity contribution in [2.45, 2.75) is 51.9 Å². The van der Waals surface area contributed by atoms with Gasteiger partial charge in [-0.1, -0.05) is 36.5 Å². The minimum Gasteiger partial charge on any atom is -0.468 e. The van der Waals surface area contributed by atoms with Crippen LogP contribution in [0.3, 0.4) is 0 Å². The minimum absolute atomic E-state index is 0.177. The van der Waals surface area contributed by atoms with Gasteiger partial charge in [0.25, 0.3) is 0 Å². The van der Waals surface area contributed by atoms with E-state index in [4.69, 9.17) is 9.16 Å². The highest BCUT2D eigenvalue weighted by Crippen LogP contribution is 2.63. The van der Waals surface area contributed by atoms with Crippen molar-refractivity contribution in [1.82, 2.24) is 0 Å². The lowest BCUT2D eigenvalue weighted by Crippen LogP contribution is -2.38. The molecule has 0 amide bonds. The van der Waals surface area contributed by atoms with Gasteiger partial charge in [-0.25, -0.2) is 0 Å². The lowest BCUT2D eigenvalue weighted by molar-refractivity contribution is -0.149. The molecule has 0 aliphatic heterocycles. The molecule has 2 unspecified atom stereocenters. The number of carbonyl (C=O) groups excluding carboxylic acids is 1. The van der Waals surface area contributed by atoms with E-state index in [1.807, 2.05) is 50.3 Å². The Labute approximate surface area is 129 Å². The van der Waals surface area contributed by atoms with Crippen molar-refractivity contribution in [2.75, 3.05) is 7.11 Å². The van der Waals surface area contributed by atoms with Crippen LogP contribution in [-0.4, -0.2) is 27.0 Å². The number of hydrogen-bond donors (Lipinski definition) is 0. The highest BCUT2D eigenvalue weighted by atomic mass is 28.4. The molecule has 1 fully saturated rings. The predicted octanol–water partition coefficient (Wildman–Crippen LogP) is 4.24. The SMILES string of the molecule is C/C=C/C=C/CC1(C(=O)OC)CC1(/C=C/C)O[Si](C)(C)C. The quantitative estimate of drug-likeness (QED) is 0.305. The molecule has 0 heterocycles. The highest BCUT2D eigenvalue weighted by Gasteiger charge is 2.72. The van der Waals surface area contributed by atoms with E-state index in [0.717, 1.165) is 0 Å². The van der Waals surface area contributed by atoms with Crippen molar-refractivity contribution in [2.24, 2.45) is 5.41 Å². The second kappa shape index (κ2) is 6.75. The average Bonchev–Trinajstić information content (AvgIpc) is 3.00. The van der Waals surface area contributed by atoms with E-state index in [2.05, 4.69) is 19.6 Å². The molecule has 3 nitrogen and oxygen atoms in total. The van der Waals surface area contributed by atoms with Gasteiger partial charge in [-0.05, 0) is 46.3 Å². The van der Waals surface area contributed by atoms with Crippen molar-refractivity contribution in [3.05, 3.63) is 36.5 Å². The molecule has 1 aliphatic rings. The van der Waals surface area contributed by atoms with Gasteiger partial charge < -0.3 is 9.16 Å². The van der Waals surface area contributed by atoms with Gasteiger partial charge >= 0.3 is 5.97 Å². The standard InChI is InChI=1S/C17H28O3Si/c1-7-9-10-11-13-16(15(18)19-3)14-17(16,12-8-2)20-21(4,5)6/h7-12H,13-14H2,1-6H3/b9-7+,11-10+,12-8+. The van der Waals surface area contributed by atoms with Gasteiger partial charge in [-0.2, -0.15) is 0 Å². The normalized spacial score (nSPS) is 29.6. The fourth-order valence-corrected chi connectivity index (χ4v) is 4.26. The van der Waals surface area contributed by atoms with Crippen LogP contribution in [0.1, 0.15) is 26.7 Å². The molecule has 0 aromatic carbocycles. The Bertz CT molecular complexity index is 459. The molecular formula is C17H28O3Si. The third-order valence-corrected chi connectivity index (χ3v) is 4.63. The van der Waals surface area contributed by atoms with Crippen molar-refractivity contribution < 1.29 is 14.0 Å². The molecule has 0 saturated heterocycles. The summed E-state index contributed by atoms with van der Waals surface area (Å²) in [5.41, 5.74) is -1.08. The Morgan fingerprint density at radius 1 is 1.19 bits per heavy atom. The lowest BCUT2D eigenvalue weighted by Gasteiger charge is -2.28. The van der Waals surface area contributed by atoms with Crippen LogP contribution >= 0.6 is 0 Å². The number of esters is 1. The first-order valence-electron chi connectivity index (χ1n) is 7.47. The fourth-order valence-electron chi connectivity index (χ4n) is 2.83. The maximum Gasteiger partial charge on any atom is 0.315 e. The summed E-state index contributed by atoms with van der Waals surface area (Å²) in [5.74, 6) is -0.177. The van der Waals surface area contributed by atoms with Crippen LogP contribution in [-0.2, 0) is 14.0 Å². The Morgan fingerprint density at radius 3 is 2.33 bits per heavy atom. The van der Waals surface area contributed by atoms with Crippen LogP contribution in [0.2, 0.25) is 19.6 Å². The maximum atomic E-state index is 12.4. The Morgan fingerprint density at radius 2 is 1.86 bits per heavy atom. The first-order chi connectivity index (χ1) is 9.77. The molecule has 21 heavy (non-hydrogen) atoms. The zero-order chi connectivity index (χ0) is 16.1. The lowest BCUT2D eigenvalue weighted by atomic mass is 9.96. The molecular weight excluding hydrogens is 280 g/mol. The van der Waals surface area contributed by atoms with Crippen LogP contribution in [0.4, 0.5) is 0 Å². The van der Waals surface area contributed by atoms with Gasteiger partial charge in [0.05, 0.1) is 12.7 Å². The summed E-state index contributed by atoms with van der Waals surface area (Å²) < 4.78 is 11.4. The Hall–Kier alpha value is -1.13. The largest absolute Gasteiger partial charge is 0.468 e.